The predicted molar refractivity (Wildman–Crippen MR) is 61.2 cm³/mol. The van der Waals surface area contributed by atoms with E-state index in [-0.39, 0.29) is 12.6 Å². The van der Waals surface area contributed by atoms with E-state index in [2.05, 4.69) is 4.74 Å². The zero-order valence-corrected chi connectivity index (χ0v) is 8.93. The lowest BCUT2D eigenvalue weighted by molar-refractivity contribution is 0.0601. The smallest absolute Gasteiger partial charge is 0.337 e. The monoisotopic (exact) mass is 216 g/mol. The van der Waals surface area contributed by atoms with Gasteiger partial charge in [-0.25, -0.2) is 4.79 Å². The molecule has 0 bridgehead atoms. The zero-order valence-electron chi connectivity index (χ0n) is 8.93. The number of esters is 1. The Bertz CT molecular complexity index is 532. The van der Waals surface area contributed by atoms with E-state index in [1.54, 1.807) is 12.1 Å². The highest BCUT2D eigenvalue weighted by molar-refractivity contribution is 5.95. The van der Waals surface area contributed by atoms with E-state index in [1.807, 2.05) is 24.3 Å². The lowest BCUT2D eigenvalue weighted by Gasteiger charge is -2.03. The van der Waals surface area contributed by atoms with E-state index in [0.717, 1.165) is 16.3 Å². The molecular weight excluding hydrogens is 204 g/mol. The fourth-order valence-electron chi connectivity index (χ4n) is 1.64. The Morgan fingerprint density at radius 2 is 1.88 bits per heavy atom. The van der Waals surface area contributed by atoms with Crippen molar-refractivity contribution in [3.63, 3.8) is 0 Å². The average Bonchev–Trinajstić information content (AvgIpc) is 2.36. The van der Waals surface area contributed by atoms with Crippen molar-refractivity contribution in [3.05, 3.63) is 47.5 Å². The molecule has 0 amide bonds. The van der Waals surface area contributed by atoms with Crippen molar-refractivity contribution >= 4 is 16.7 Å². The molecule has 3 nitrogen and oxygen atoms in total. The van der Waals surface area contributed by atoms with E-state index in [0.29, 0.717) is 5.56 Å². The van der Waals surface area contributed by atoms with Crippen LogP contribution < -0.4 is 0 Å². The van der Waals surface area contributed by atoms with Gasteiger partial charge in [0.1, 0.15) is 0 Å². The van der Waals surface area contributed by atoms with E-state index in [1.165, 1.54) is 7.11 Å². The van der Waals surface area contributed by atoms with Gasteiger partial charge in [-0.1, -0.05) is 18.2 Å². The maximum atomic E-state index is 11.3. The molecule has 0 saturated carbocycles. The quantitative estimate of drug-likeness (QED) is 0.782. The number of rotatable bonds is 2. The first-order valence-corrected chi connectivity index (χ1v) is 4.96. The first kappa shape index (κ1) is 10.6. The molecule has 3 heteroatoms. The minimum atomic E-state index is -0.340. The first-order chi connectivity index (χ1) is 7.74. The van der Waals surface area contributed by atoms with Crippen molar-refractivity contribution in [2.75, 3.05) is 7.11 Å². The molecule has 0 saturated heterocycles. The average molecular weight is 216 g/mol. The molecule has 0 spiro atoms. The van der Waals surface area contributed by atoms with Crippen LogP contribution >= 0.6 is 0 Å². The number of carbonyl (C=O) groups excluding carboxylic acids is 1. The molecule has 0 aliphatic carbocycles. The summed E-state index contributed by atoms with van der Waals surface area (Å²) >= 11 is 0. The Hall–Kier alpha value is -1.87. The topological polar surface area (TPSA) is 46.5 Å². The SMILES string of the molecule is COC(=O)c1ccc2cc(CO)ccc2c1. The van der Waals surface area contributed by atoms with E-state index < -0.39 is 0 Å². The molecule has 0 fully saturated rings. The Kier molecular flexibility index (Phi) is 2.88. The molecule has 0 aromatic heterocycles. The summed E-state index contributed by atoms with van der Waals surface area (Å²) in [4.78, 5) is 11.3. The van der Waals surface area contributed by atoms with Gasteiger partial charge in [0.15, 0.2) is 0 Å². The fraction of sp³-hybridized carbons (Fsp3) is 0.154. The second-order valence-electron chi connectivity index (χ2n) is 3.55. The molecule has 2 aromatic rings. The van der Waals surface area contributed by atoms with E-state index in [9.17, 15) is 4.79 Å². The molecule has 0 aliphatic rings. The van der Waals surface area contributed by atoms with Crippen LogP contribution in [0.5, 0.6) is 0 Å². The Morgan fingerprint density at radius 3 is 2.56 bits per heavy atom. The number of hydrogen-bond donors (Lipinski definition) is 1. The van der Waals surface area contributed by atoms with Gasteiger partial charge in [-0.05, 0) is 34.5 Å². The van der Waals surface area contributed by atoms with Crippen LogP contribution in [0.3, 0.4) is 0 Å². The molecular formula is C13H12O3. The molecule has 1 N–H and O–H groups in total. The number of carbonyl (C=O) groups is 1. The molecule has 16 heavy (non-hydrogen) atoms. The number of fused-ring (bicyclic) bond motifs is 1. The van der Waals surface area contributed by atoms with Gasteiger partial charge < -0.3 is 9.84 Å². The lowest BCUT2D eigenvalue weighted by atomic mass is 10.0. The molecule has 82 valence electrons. The third kappa shape index (κ3) is 1.90. The molecule has 2 rings (SSSR count). The standard InChI is InChI=1S/C13H12O3/c1-16-13(15)12-5-4-10-6-9(8-14)2-3-11(10)7-12/h2-7,14H,8H2,1H3. The maximum Gasteiger partial charge on any atom is 0.337 e. The van der Waals surface area contributed by atoms with Crippen LogP contribution in [-0.2, 0) is 11.3 Å². The maximum absolute atomic E-state index is 11.3. The normalized spacial score (nSPS) is 10.4. The molecule has 2 aromatic carbocycles. The highest BCUT2D eigenvalue weighted by atomic mass is 16.5. The molecule has 0 unspecified atom stereocenters. The van der Waals surface area contributed by atoms with Crippen molar-refractivity contribution in [1.82, 2.24) is 0 Å². The van der Waals surface area contributed by atoms with Crippen molar-refractivity contribution in [1.29, 1.82) is 0 Å². The number of hydrogen-bond acceptors (Lipinski definition) is 3. The minimum absolute atomic E-state index is 0.0225. The van der Waals surface area contributed by atoms with Crippen LogP contribution in [0.1, 0.15) is 15.9 Å². The minimum Gasteiger partial charge on any atom is -0.465 e. The molecule has 0 radical (unpaired) electrons. The van der Waals surface area contributed by atoms with Gasteiger partial charge in [0.05, 0.1) is 19.3 Å². The first-order valence-electron chi connectivity index (χ1n) is 4.96. The Balaban J connectivity index is 2.51. The van der Waals surface area contributed by atoms with Crippen LogP contribution in [0.4, 0.5) is 0 Å². The number of ether oxygens (including phenoxy) is 1. The number of aliphatic hydroxyl groups is 1. The highest BCUT2D eigenvalue weighted by Gasteiger charge is 2.05. The molecule has 0 aliphatic heterocycles. The lowest BCUT2D eigenvalue weighted by Crippen LogP contribution is -2.00. The van der Waals surface area contributed by atoms with Crippen LogP contribution in [-0.4, -0.2) is 18.2 Å². The van der Waals surface area contributed by atoms with Gasteiger partial charge in [-0.3, -0.25) is 0 Å². The highest BCUT2D eigenvalue weighted by Crippen LogP contribution is 2.18. The summed E-state index contributed by atoms with van der Waals surface area (Å²) in [6.07, 6.45) is 0. The van der Waals surface area contributed by atoms with Crippen LogP contribution in [0.2, 0.25) is 0 Å². The second-order valence-corrected chi connectivity index (χ2v) is 3.55. The van der Waals surface area contributed by atoms with Gasteiger partial charge in [0.2, 0.25) is 0 Å². The summed E-state index contributed by atoms with van der Waals surface area (Å²) in [5.74, 6) is -0.340. The summed E-state index contributed by atoms with van der Waals surface area (Å²) < 4.78 is 4.65. The Labute approximate surface area is 93.3 Å². The molecule has 0 atom stereocenters. The van der Waals surface area contributed by atoms with Crippen LogP contribution in [0.25, 0.3) is 10.8 Å². The number of methoxy groups -OCH3 is 1. The van der Waals surface area contributed by atoms with Gasteiger partial charge >= 0.3 is 5.97 Å². The van der Waals surface area contributed by atoms with E-state index in [4.69, 9.17) is 5.11 Å². The van der Waals surface area contributed by atoms with Crippen molar-refractivity contribution in [2.45, 2.75) is 6.61 Å². The third-order valence-electron chi connectivity index (χ3n) is 2.51. The summed E-state index contributed by atoms with van der Waals surface area (Å²) in [6.45, 7) is 0.0225. The van der Waals surface area contributed by atoms with Crippen molar-refractivity contribution in [3.8, 4) is 0 Å². The summed E-state index contributed by atoms with van der Waals surface area (Å²) in [5.41, 5.74) is 1.39. The zero-order chi connectivity index (χ0) is 11.5. The summed E-state index contributed by atoms with van der Waals surface area (Å²) in [6, 6.07) is 11.0. The van der Waals surface area contributed by atoms with Crippen LogP contribution in [0, 0.1) is 0 Å². The predicted octanol–water partition coefficient (Wildman–Crippen LogP) is 2.12. The van der Waals surface area contributed by atoms with Gasteiger partial charge in [0, 0.05) is 0 Å². The summed E-state index contributed by atoms with van der Waals surface area (Å²) in [5, 5.41) is 11.0. The second kappa shape index (κ2) is 4.33. The van der Waals surface area contributed by atoms with Crippen LogP contribution in [0.15, 0.2) is 36.4 Å². The van der Waals surface area contributed by atoms with Gasteiger partial charge in [-0.2, -0.15) is 0 Å². The van der Waals surface area contributed by atoms with Gasteiger partial charge in [0.25, 0.3) is 0 Å². The molecule has 0 heterocycles. The number of aliphatic hydroxyl groups excluding tert-OH is 1. The Morgan fingerprint density at radius 1 is 1.19 bits per heavy atom. The largest absolute Gasteiger partial charge is 0.465 e. The van der Waals surface area contributed by atoms with Crippen molar-refractivity contribution < 1.29 is 14.6 Å². The van der Waals surface area contributed by atoms with E-state index >= 15 is 0 Å². The number of benzene rings is 2. The van der Waals surface area contributed by atoms with Crippen molar-refractivity contribution in [2.24, 2.45) is 0 Å². The summed E-state index contributed by atoms with van der Waals surface area (Å²) in [7, 11) is 1.36. The fourth-order valence-corrected chi connectivity index (χ4v) is 1.64. The van der Waals surface area contributed by atoms with Gasteiger partial charge in [-0.15, -0.1) is 0 Å². The third-order valence-corrected chi connectivity index (χ3v) is 2.51.